The summed E-state index contributed by atoms with van der Waals surface area (Å²) in [5, 5.41) is 2.93. The minimum Gasteiger partial charge on any atom is -0.369 e. The highest BCUT2D eigenvalue weighted by Crippen LogP contribution is 2.26. The van der Waals surface area contributed by atoms with Crippen LogP contribution in [0.15, 0.2) is 77.7 Å². The van der Waals surface area contributed by atoms with Gasteiger partial charge in [0.15, 0.2) is 0 Å². The van der Waals surface area contributed by atoms with Crippen molar-refractivity contribution in [2.45, 2.75) is 18.7 Å². The van der Waals surface area contributed by atoms with E-state index in [9.17, 15) is 13.2 Å². The first-order valence-corrected chi connectivity index (χ1v) is 13.3. The first-order valence-electron chi connectivity index (χ1n) is 11.8. The van der Waals surface area contributed by atoms with Crippen LogP contribution in [-0.4, -0.2) is 59.0 Å². The Morgan fingerprint density at radius 2 is 1.60 bits per heavy atom. The number of sulfonamides is 1. The predicted molar refractivity (Wildman–Crippen MR) is 142 cm³/mol. The minimum atomic E-state index is -3.73. The van der Waals surface area contributed by atoms with Gasteiger partial charge in [-0.2, -0.15) is 0 Å². The number of anilines is 3. The van der Waals surface area contributed by atoms with Gasteiger partial charge in [0.1, 0.15) is 0 Å². The van der Waals surface area contributed by atoms with E-state index in [1.807, 2.05) is 18.2 Å². The number of carbonyl (C=O) groups is 1. The Morgan fingerprint density at radius 3 is 2.20 bits per heavy atom. The summed E-state index contributed by atoms with van der Waals surface area (Å²) in [7, 11) is -2.21. The molecular formula is C27H32N4O3S. The van der Waals surface area contributed by atoms with Gasteiger partial charge >= 0.3 is 0 Å². The molecule has 1 fully saturated rings. The number of piperazine rings is 1. The number of carbonyl (C=O) groups excluding carboxylic acids is 1. The molecule has 184 valence electrons. The van der Waals surface area contributed by atoms with Crippen molar-refractivity contribution in [3.63, 3.8) is 0 Å². The Balaban J connectivity index is 1.43. The van der Waals surface area contributed by atoms with Gasteiger partial charge in [-0.15, -0.1) is 0 Å². The Morgan fingerprint density at radius 1 is 0.943 bits per heavy atom. The zero-order chi connectivity index (χ0) is 25.0. The molecule has 1 aliphatic heterocycles. The van der Waals surface area contributed by atoms with Gasteiger partial charge in [0.25, 0.3) is 15.9 Å². The van der Waals surface area contributed by atoms with E-state index < -0.39 is 10.0 Å². The maximum absolute atomic E-state index is 13.0. The van der Waals surface area contributed by atoms with Crippen molar-refractivity contribution >= 4 is 33.0 Å². The highest BCUT2D eigenvalue weighted by Gasteiger charge is 2.22. The summed E-state index contributed by atoms with van der Waals surface area (Å²) in [6.45, 7) is 9.43. The maximum Gasteiger partial charge on any atom is 0.264 e. The summed E-state index contributed by atoms with van der Waals surface area (Å²) in [6, 6.07) is 20.8. The van der Waals surface area contributed by atoms with Crippen LogP contribution in [0.5, 0.6) is 0 Å². The van der Waals surface area contributed by atoms with Gasteiger partial charge in [-0.3, -0.25) is 9.10 Å². The molecule has 8 heteroatoms. The van der Waals surface area contributed by atoms with Gasteiger partial charge < -0.3 is 15.1 Å². The molecule has 35 heavy (non-hydrogen) atoms. The lowest BCUT2D eigenvalue weighted by Gasteiger charge is -2.36. The van der Waals surface area contributed by atoms with Crippen LogP contribution in [0, 0.1) is 6.92 Å². The average molecular weight is 493 g/mol. The molecule has 0 unspecified atom stereocenters. The topological polar surface area (TPSA) is 73.0 Å². The third-order valence-corrected chi connectivity index (χ3v) is 8.31. The zero-order valence-corrected chi connectivity index (χ0v) is 21.3. The summed E-state index contributed by atoms with van der Waals surface area (Å²) in [4.78, 5) is 17.8. The van der Waals surface area contributed by atoms with E-state index in [0.717, 1.165) is 38.3 Å². The van der Waals surface area contributed by atoms with Crippen LogP contribution in [0.25, 0.3) is 0 Å². The molecule has 3 aromatic rings. The van der Waals surface area contributed by atoms with Crippen LogP contribution in [-0.2, 0) is 10.0 Å². The number of rotatable bonds is 7. The summed E-state index contributed by atoms with van der Waals surface area (Å²) >= 11 is 0. The van der Waals surface area contributed by atoms with Crippen molar-refractivity contribution in [2.24, 2.45) is 0 Å². The highest BCUT2D eigenvalue weighted by molar-refractivity contribution is 7.92. The molecule has 1 saturated heterocycles. The normalized spacial score (nSPS) is 14.5. The molecular weight excluding hydrogens is 460 g/mol. The molecule has 1 aliphatic rings. The number of likely N-dealkylation sites (N-methyl/N-ethyl adjacent to an activating group) is 1. The van der Waals surface area contributed by atoms with E-state index in [1.165, 1.54) is 41.3 Å². The van der Waals surface area contributed by atoms with E-state index >= 15 is 0 Å². The van der Waals surface area contributed by atoms with Gasteiger partial charge in [0.05, 0.1) is 10.6 Å². The van der Waals surface area contributed by atoms with Crippen molar-refractivity contribution in [1.29, 1.82) is 0 Å². The molecule has 0 atom stereocenters. The Labute approximate surface area is 208 Å². The lowest BCUT2D eigenvalue weighted by atomic mass is 10.1. The van der Waals surface area contributed by atoms with Crippen LogP contribution < -0.4 is 14.5 Å². The van der Waals surface area contributed by atoms with Crippen LogP contribution in [0.4, 0.5) is 17.1 Å². The zero-order valence-electron chi connectivity index (χ0n) is 20.4. The van der Waals surface area contributed by atoms with Gasteiger partial charge in [0.2, 0.25) is 0 Å². The first-order chi connectivity index (χ1) is 16.8. The number of hydrogen-bond acceptors (Lipinski definition) is 5. The lowest BCUT2D eigenvalue weighted by molar-refractivity contribution is 0.102. The predicted octanol–water partition coefficient (Wildman–Crippen LogP) is 4.21. The molecule has 0 aromatic heterocycles. The molecule has 1 heterocycles. The number of nitrogens with zero attached hydrogens (tertiary/aromatic N) is 3. The van der Waals surface area contributed by atoms with Crippen molar-refractivity contribution in [2.75, 3.05) is 54.3 Å². The fourth-order valence-corrected chi connectivity index (χ4v) is 5.50. The lowest BCUT2D eigenvalue weighted by Crippen LogP contribution is -2.46. The number of benzene rings is 3. The molecule has 0 saturated carbocycles. The Kier molecular flexibility index (Phi) is 7.42. The minimum absolute atomic E-state index is 0.128. The highest BCUT2D eigenvalue weighted by atomic mass is 32.2. The molecule has 3 aromatic carbocycles. The molecule has 0 aliphatic carbocycles. The molecule has 0 spiro atoms. The number of nitrogens with one attached hydrogen (secondary N) is 1. The van der Waals surface area contributed by atoms with Crippen molar-refractivity contribution < 1.29 is 13.2 Å². The van der Waals surface area contributed by atoms with E-state index in [0.29, 0.717) is 16.9 Å². The van der Waals surface area contributed by atoms with E-state index in [-0.39, 0.29) is 10.8 Å². The summed E-state index contributed by atoms with van der Waals surface area (Å²) in [6.07, 6.45) is 0. The molecule has 0 bridgehead atoms. The Hall–Kier alpha value is -3.36. The van der Waals surface area contributed by atoms with Crippen LogP contribution >= 0.6 is 0 Å². The average Bonchev–Trinajstić information content (AvgIpc) is 2.89. The van der Waals surface area contributed by atoms with Gasteiger partial charge in [0, 0.05) is 50.2 Å². The van der Waals surface area contributed by atoms with Gasteiger partial charge in [-0.1, -0.05) is 25.1 Å². The largest absolute Gasteiger partial charge is 0.369 e. The second kappa shape index (κ2) is 10.5. The van der Waals surface area contributed by atoms with Crippen LogP contribution in [0.3, 0.4) is 0 Å². The fraction of sp³-hybridized carbons (Fsp3) is 0.296. The molecule has 4 rings (SSSR count). The second-order valence-electron chi connectivity index (χ2n) is 8.71. The molecule has 1 N–H and O–H groups in total. The summed E-state index contributed by atoms with van der Waals surface area (Å²) in [5.41, 5.74) is 3.97. The van der Waals surface area contributed by atoms with Crippen molar-refractivity contribution in [3.05, 3.63) is 83.9 Å². The number of para-hydroxylation sites is 1. The smallest absolute Gasteiger partial charge is 0.264 e. The quantitative estimate of drug-likeness (QED) is 0.535. The summed E-state index contributed by atoms with van der Waals surface area (Å²) < 4.78 is 27.1. The van der Waals surface area contributed by atoms with E-state index in [2.05, 4.69) is 35.0 Å². The van der Waals surface area contributed by atoms with Gasteiger partial charge in [-0.05, 0) is 73.6 Å². The SMILES string of the molecule is CCN1CCN(c2ccc(NC(=O)c3ccc(S(=O)(=O)N(C)c4ccccc4)cc3)cc2C)CC1. The van der Waals surface area contributed by atoms with Crippen molar-refractivity contribution in [3.8, 4) is 0 Å². The fourth-order valence-electron chi connectivity index (χ4n) is 4.31. The van der Waals surface area contributed by atoms with Crippen molar-refractivity contribution in [1.82, 2.24) is 4.90 Å². The third kappa shape index (κ3) is 5.49. The third-order valence-electron chi connectivity index (χ3n) is 6.51. The number of amides is 1. The first kappa shape index (κ1) is 24.8. The van der Waals surface area contributed by atoms with Gasteiger partial charge in [-0.25, -0.2) is 8.42 Å². The molecule has 7 nitrogen and oxygen atoms in total. The van der Waals surface area contributed by atoms with Crippen LogP contribution in [0.1, 0.15) is 22.8 Å². The Bertz CT molecular complexity index is 1270. The standard InChI is InChI=1S/C27H32N4O3S/c1-4-30-16-18-31(19-17-30)26-15-12-23(20-21(26)2)28-27(32)22-10-13-25(14-11-22)35(33,34)29(3)24-8-6-5-7-9-24/h5-15,20H,4,16-19H2,1-3H3,(H,28,32). The molecule has 1 amide bonds. The van der Waals surface area contributed by atoms with Crippen LogP contribution in [0.2, 0.25) is 0 Å². The maximum atomic E-state index is 13.0. The molecule has 0 radical (unpaired) electrons. The number of hydrogen-bond donors (Lipinski definition) is 1. The second-order valence-corrected chi connectivity index (χ2v) is 10.7. The monoisotopic (exact) mass is 492 g/mol. The van der Waals surface area contributed by atoms with E-state index in [1.54, 1.807) is 24.3 Å². The number of aryl methyl sites for hydroxylation is 1. The summed E-state index contributed by atoms with van der Waals surface area (Å²) in [5.74, 6) is -0.283. The van der Waals surface area contributed by atoms with E-state index in [4.69, 9.17) is 0 Å².